The molecule has 0 saturated heterocycles. The average Bonchev–Trinajstić information content (AvgIpc) is 2.91. The summed E-state index contributed by atoms with van der Waals surface area (Å²) in [7, 11) is 1.46. The lowest BCUT2D eigenvalue weighted by molar-refractivity contribution is -0.137. The number of nitriles is 1. The Morgan fingerprint density at radius 1 is 1.08 bits per heavy atom. The van der Waals surface area contributed by atoms with E-state index in [0.29, 0.717) is 37.1 Å². The lowest BCUT2D eigenvalue weighted by Crippen LogP contribution is -2.18. The van der Waals surface area contributed by atoms with Gasteiger partial charge in [0.15, 0.2) is 0 Å². The van der Waals surface area contributed by atoms with Crippen molar-refractivity contribution in [2.45, 2.75) is 19.0 Å². The average molecular weight is 523 g/mol. The number of anilines is 1. The van der Waals surface area contributed by atoms with Crippen LogP contribution in [0, 0.1) is 11.3 Å². The molecule has 38 heavy (non-hydrogen) atoms. The molecule has 0 fully saturated rings. The smallest absolute Gasteiger partial charge is 0.417 e. The zero-order valence-electron chi connectivity index (χ0n) is 19.9. The molecule has 194 valence electrons. The molecule has 0 aliphatic heterocycles. The molecule has 0 atom stereocenters. The van der Waals surface area contributed by atoms with Crippen LogP contribution >= 0.6 is 0 Å². The summed E-state index contributed by atoms with van der Waals surface area (Å²) in [6.45, 7) is 0.403. The summed E-state index contributed by atoms with van der Waals surface area (Å²) >= 11 is 0. The van der Waals surface area contributed by atoms with Gasteiger partial charge in [-0.2, -0.15) is 23.4 Å². The molecule has 3 aromatic heterocycles. The molecular formula is C25H20F3N7O3. The van der Waals surface area contributed by atoms with E-state index in [1.807, 2.05) is 6.07 Å². The summed E-state index contributed by atoms with van der Waals surface area (Å²) in [6.07, 6.45) is 1.67. The van der Waals surface area contributed by atoms with Gasteiger partial charge in [0.05, 0.1) is 18.2 Å². The van der Waals surface area contributed by atoms with Gasteiger partial charge in [0.1, 0.15) is 11.8 Å². The number of hydrogen-bond donors (Lipinski definition) is 2. The number of ether oxygens (including phenoxy) is 2. The van der Waals surface area contributed by atoms with Gasteiger partial charge >= 0.3 is 12.2 Å². The van der Waals surface area contributed by atoms with Crippen LogP contribution in [0.15, 0.2) is 59.9 Å². The highest BCUT2D eigenvalue weighted by Gasteiger charge is 2.30. The van der Waals surface area contributed by atoms with Gasteiger partial charge in [0.25, 0.3) is 5.56 Å². The Bertz CT molecular complexity index is 1500. The third-order valence-corrected chi connectivity index (χ3v) is 5.28. The number of methoxy groups -OCH3 is 1. The number of rotatable bonds is 9. The van der Waals surface area contributed by atoms with Crippen LogP contribution < -0.4 is 20.3 Å². The van der Waals surface area contributed by atoms with Crippen LogP contribution in [0.3, 0.4) is 0 Å². The number of aromatic nitrogens is 5. The molecule has 0 aliphatic rings. The van der Waals surface area contributed by atoms with Crippen molar-refractivity contribution in [2.24, 2.45) is 0 Å². The lowest BCUT2D eigenvalue weighted by atomic mass is 10.1. The van der Waals surface area contributed by atoms with Crippen molar-refractivity contribution in [1.29, 1.82) is 5.26 Å². The fourth-order valence-corrected chi connectivity index (χ4v) is 3.35. The molecule has 0 saturated carbocycles. The van der Waals surface area contributed by atoms with Gasteiger partial charge in [-0.25, -0.2) is 15.0 Å². The van der Waals surface area contributed by atoms with E-state index < -0.39 is 17.3 Å². The molecule has 4 aromatic rings. The van der Waals surface area contributed by atoms with Crippen molar-refractivity contribution < 1.29 is 22.6 Å². The molecule has 0 aliphatic carbocycles. The Hall–Kier alpha value is -4.99. The maximum Gasteiger partial charge on any atom is 0.417 e. The van der Waals surface area contributed by atoms with Crippen molar-refractivity contribution in [2.75, 3.05) is 19.0 Å². The quantitative estimate of drug-likeness (QED) is 0.334. The lowest BCUT2D eigenvalue weighted by Gasteiger charge is -2.10. The maximum atomic E-state index is 12.7. The summed E-state index contributed by atoms with van der Waals surface area (Å²) < 4.78 is 48.5. The second-order valence-electron chi connectivity index (χ2n) is 7.94. The minimum absolute atomic E-state index is 0.0677. The highest BCUT2D eigenvalue weighted by Crippen LogP contribution is 2.31. The first kappa shape index (κ1) is 26.1. The number of nitrogens with zero attached hydrogens (tertiary/aromatic N) is 5. The Morgan fingerprint density at radius 3 is 2.50 bits per heavy atom. The van der Waals surface area contributed by atoms with E-state index in [2.05, 4.69) is 30.2 Å². The molecule has 3 heterocycles. The number of aromatic amines is 1. The zero-order valence-corrected chi connectivity index (χ0v) is 19.9. The number of pyridine rings is 1. The maximum absolute atomic E-state index is 12.7. The molecule has 0 unspecified atom stereocenters. The molecule has 2 N–H and O–H groups in total. The number of benzene rings is 1. The number of hydrogen-bond acceptors (Lipinski definition) is 9. The third kappa shape index (κ3) is 6.61. The number of nitrogens with one attached hydrogen (secondary N) is 2. The van der Waals surface area contributed by atoms with Crippen LogP contribution in [0.1, 0.15) is 27.8 Å². The first-order valence-corrected chi connectivity index (χ1v) is 11.2. The van der Waals surface area contributed by atoms with Crippen LogP contribution in [-0.4, -0.2) is 38.6 Å². The fraction of sp³-hybridized carbons (Fsp3) is 0.200. The monoisotopic (exact) mass is 523 g/mol. The van der Waals surface area contributed by atoms with Crippen LogP contribution in [-0.2, 0) is 19.0 Å². The molecule has 4 rings (SSSR count). The van der Waals surface area contributed by atoms with Crippen molar-refractivity contribution in [3.8, 4) is 23.7 Å². The van der Waals surface area contributed by atoms with Crippen LogP contribution in [0.4, 0.5) is 19.1 Å². The van der Waals surface area contributed by atoms with Gasteiger partial charge in [-0.15, -0.1) is 0 Å². The van der Waals surface area contributed by atoms with E-state index in [9.17, 15) is 23.2 Å². The minimum atomic E-state index is -4.50. The third-order valence-electron chi connectivity index (χ3n) is 5.28. The summed E-state index contributed by atoms with van der Waals surface area (Å²) in [4.78, 5) is 31.0. The van der Waals surface area contributed by atoms with Gasteiger partial charge in [0, 0.05) is 49.4 Å². The molecule has 0 bridgehead atoms. The molecule has 0 radical (unpaired) electrons. The van der Waals surface area contributed by atoms with Crippen molar-refractivity contribution >= 4 is 5.95 Å². The van der Waals surface area contributed by atoms with Crippen molar-refractivity contribution in [3.63, 3.8) is 0 Å². The summed E-state index contributed by atoms with van der Waals surface area (Å²) in [6, 6.07) is 9.07. The Kier molecular flexibility index (Phi) is 7.81. The van der Waals surface area contributed by atoms with Crippen LogP contribution in [0.5, 0.6) is 17.6 Å². The molecule has 13 heteroatoms. The fourth-order valence-electron chi connectivity index (χ4n) is 3.35. The second-order valence-corrected chi connectivity index (χ2v) is 7.94. The van der Waals surface area contributed by atoms with Crippen molar-refractivity contribution in [1.82, 2.24) is 24.9 Å². The number of H-pyrrole nitrogens is 1. The van der Waals surface area contributed by atoms with E-state index in [0.717, 1.165) is 23.3 Å². The summed E-state index contributed by atoms with van der Waals surface area (Å²) in [5.41, 5.74) is 0.871. The van der Waals surface area contributed by atoms with Crippen LogP contribution in [0.25, 0.3) is 0 Å². The van der Waals surface area contributed by atoms with Gasteiger partial charge in [-0.1, -0.05) is 6.07 Å². The molecule has 10 nitrogen and oxygen atoms in total. The largest absolute Gasteiger partial charge is 0.467 e. The molecule has 1 aromatic carbocycles. The molecular weight excluding hydrogens is 503 g/mol. The SMILES string of the molecule is COc1ncc(Cc2c[nH]c(NCCc3ccc(Oc4ccc(C(F)(F)F)cn4)c(C#N)c3)nc2=O)cn1. The summed E-state index contributed by atoms with van der Waals surface area (Å²) in [5, 5.41) is 12.5. The van der Waals surface area contributed by atoms with E-state index in [1.54, 1.807) is 36.8 Å². The van der Waals surface area contributed by atoms with Gasteiger partial charge in [-0.05, 0) is 35.7 Å². The van der Waals surface area contributed by atoms with E-state index in [4.69, 9.17) is 9.47 Å². The Balaban J connectivity index is 1.34. The highest BCUT2D eigenvalue weighted by molar-refractivity contribution is 5.47. The predicted molar refractivity (Wildman–Crippen MR) is 129 cm³/mol. The van der Waals surface area contributed by atoms with E-state index in [1.165, 1.54) is 7.11 Å². The van der Waals surface area contributed by atoms with E-state index in [-0.39, 0.29) is 23.2 Å². The molecule has 0 amide bonds. The predicted octanol–water partition coefficient (Wildman–Crippen LogP) is 3.89. The number of halogens is 3. The minimum Gasteiger partial charge on any atom is -0.467 e. The highest BCUT2D eigenvalue weighted by atomic mass is 19.4. The standard InChI is InChI=1S/C25H20F3N7O3/c1-37-24-33-11-16(12-34-24)9-18-13-32-23(35-22(18)36)30-7-6-15-2-4-20(17(8-15)10-29)38-21-5-3-19(14-31-21)25(26,27)28/h2-5,8,11-14H,6-7,9H2,1H3,(H2,30,32,35,36). The number of alkyl halides is 3. The molecule has 0 spiro atoms. The first-order valence-electron chi connectivity index (χ1n) is 11.2. The van der Waals surface area contributed by atoms with Gasteiger partial charge in [0.2, 0.25) is 11.8 Å². The first-order chi connectivity index (χ1) is 18.2. The van der Waals surface area contributed by atoms with Gasteiger partial charge in [-0.3, -0.25) is 4.79 Å². The zero-order chi connectivity index (χ0) is 27.1. The van der Waals surface area contributed by atoms with Crippen LogP contribution in [0.2, 0.25) is 0 Å². The Labute approximate surface area is 214 Å². The van der Waals surface area contributed by atoms with Crippen molar-refractivity contribution in [3.05, 3.63) is 93.3 Å². The second kappa shape index (κ2) is 11.4. The van der Waals surface area contributed by atoms with Gasteiger partial charge < -0.3 is 19.8 Å². The summed E-state index contributed by atoms with van der Waals surface area (Å²) in [5.74, 6) is 0.390. The van der Waals surface area contributed by atoms with E-state index >= 15 is 0 Å². The normalized spacial score (nSPS) is 11.0. The Morgan fingerprint density at radius 2 is 1.87 bits per heavy atom. The topological polar surface area (TPSA) is 139 Å².